The Morgan fingerprint density at radius 2 is 1.73 bits per heavy atom. The molecule has 0 aliphatic carbocycles. The molecule has 0 aliphatic heterocycles. The van der Waals surface area contributed by atoms with Crippen LogP contribution in [0.2, 0.25) is 5.02 Å². The summed E-state index contributed by atoms with van der Waals surface area (Å²) in [5.74, 6) is -0.177. The van der Waals surface area contributed by atoms with Gasteiger partial charge in [-0.2, -0.15) is 0 Å². The van der Waals surface area contributed by atoms with Gasteiger partial charge in [-0.3, -0.25) is 4.79 Å². The SMILES string of the molecule is Cc1[nH]c(-c2ccccc2)cc1C(=O)Nc1ccccc1Cl. The first kappa shape index (κ1) is 14.4. The lowest BCUT2D eigenvalue weighted by Crippen LogP contribution is -2.12. The molecule has 0 atom stereocenters. The number of nitrogens with one attached hydrogen (secondary N) is 2. The number of aromatic nitrogens is 1. The van der Waals surface area contributed by atoms with Gasteiger partial charge < -0.3 is 10.3 Å². The number of anilines is 1. The van der Waals surface area contributed by atoms with Crippen LogP contribution >= 0.6 is 11.6 Å². The van der Waals surface area contributed by atoms with Gasteiger partial charge >= 0.3 is 0 Å². The topological polar surface area (TPSA) is 44.9 Å². The molecule has 0 saturated heterocycles. The third kappa shape index (κ3) is 2.90. The molecule has 1 amide bonds. The number of hydrogen-bond acceptors (Lipinski definition) is 1. The van der Waals surface area contributed by atoms with Crippen LogP contribution in [-0.4, -0.2) is 10.9 Å². The predicted octanol–water partition coefficient (Wildman–Crippen LogP) is 4.90. The fraction of sp³-hybridized carbons (Fsp3) is 0.0556. The monoisotopic (exact) mass is 310 g/mol. The Balaban J connectivity index is 1.88. The molecule has 110 valence electrons. The van der Waals surface area contributed by atoms with Gasteiger partial charge in [-0.25, -0.2) is 0 Å². The Bertz CT molecular complexity index is 809. The minimum Gasteiger partial charge on any atom is -0.358 e. The first-order valence-corrected chi connectivity index (χ1v) is 7.34. The largest absolute Gasteiger partial charge is 0.358 e. The molecule has 4 heteroatoms. The summed E-state index contributed by atoms with van der Waals surface area (Å²) in [4.78, 5) is 15.7. The van der Waals surface area contributed by atoms with Crippen LogP contribution in [0, 0.1) is 6.92 Å². The van der Waals surface area contributed by atoms with Crippen molar-refractivity contribution in [2.75, 3.05) is 5.32 Å². The van der Waals surface area contributed by atoms with Crippen molar-refractivity contribution in [3.63, 3.8) is 0 Å². The lowest BCUT2D eigenvalue weighted by Gasteiger charge is -2.06. The number of para-hydroxylation sites is 1. The fourth-order valence-corrected chi connectivity index (χ4v) is 2.50. The van der Waals surface area contributed by atoms with Crippen LogP contribution in [0.15, 0.2) is 60.7 Å². The molecule has 2 aromatic carbocycles. The third-order valence-electron chi connectivity index (χ3n) is 3.47. The molecular formula is C18H15ClN2O. The standard InChI is InChI=1S/C18H15ClN2O/c1-12-14(11-17(20-12)13-7-3-2-4-8-13)18(22)21-16-10-6-5-9-15(16)19/h2-11,20H,1H3,(H,21,22). The van der Waals surface area contributed by atoms with Gasteiger partial charge in [-0.1, -0.05) is 54.1 Å². The zero-order valence-electron chi connectivity index (χ0n) is 12.1. The van der Waals surface area contributed by atoms with Crippen molar-refractivity contribution in [2.45, 2.75) is 6.92 Å². The molecular weight excluding hydrogens is 296 g/mol. The highest BCUT2D eigenvalue weighted by molar-refractivity contribution is 6.33. The lowest BCUT2D eigenvalue weighted by atomic mass is 10.1. The Labute approximate surface area is 133 Å². The normalized spacial score (nSPS) is 10.5. The van der Waals surface area contributed by atoms with Gasteiger partial charge in [0.2, 0.25) is 0 Å². The number of aryl methyl sites for hydroxylation is 1. The number of aromatic amines is 1. The summed E-state index contributed by atoms with van der Waals surface area (Å²) >= 11 is 6.07. The van der Waals surface area contributed by atoms with Crippen LogP contribution in [0.3, 0.4) is 0 Å². The maximum atomic E-state index is 12.4. The number of halogens is 1. The minimum absolute atomic E-state index is 0.177. The highest BCUT2D eigenvalue weighted by Gasteiger charge is 2.14. The van der Waals surface area contributed by atoms with Crippen molar-refractivity contribution in [1.29, 1.82) is 0 Å². The number of H-pyrrole nitrogens is 1. The molecule has 0 aliphatic rings. The summed E-state index contributed by atoms with van der Waals surface area (Å²) in [6.45, 7) is 1.88. The van der Waals surface area contributed by atoms with Crippen LogP contribution in [-0.2, 0) is 0 Å². The molecule has 0 radical (unpaired) electrons. The Kier molecular flexibility index (Phi) is 3.98. The van der Waals surface area contributed by atoms with Crippen LogP contribution in [0.5, 0.6) is 0 Å². The number of benzene rings is 2. The smallest absolute Gasteiger partial charge is 0.257 e. The second-order valence-corrected chi connectivity index (χ2v) is 5.43. The van der Waals surface area contributed by atoms with Gasteiger partial charge in [0, 0.05) is 11.4 Å². The zero-order valence-corrected chi connectivity index (χ0v) is 12.8. The lowest BCUT2D eigenvalue weighted by molar-refractivity contribution is 0.102. The highest BCUT2D eigenvalue weighted by atomic mass is 35.5. The zero-order chi connectivity index (χ0) is 15.5. The van der Waals surface area contributed by atoms with Crippen molar-refractivity contribution in [1.82, 2.24) is 4.98 Å². The molecule has 0 bridgehead atoms. The first-order valence-electron chi connectivity index (χ1n) is 6.96. The highest BCUT2D eigenvalue weighted by Crippen LogP contribution is 2.24. The van der Waals surface area contributed by atoms with E-state index in [1.54, 1.807) is 12.1 Å². The molecule has 3 nitrogen and oxygen atoms in total. The van der Waals surface area contributed by atoms with Crippen molar-refractivity contribution in [3.8, 4) is 11.3 Å². The van der Waals surface area contributed by atoms with E-state index in [9.17, 15) is 4.79 Å². The number of carbonyl (C=O) groups is 1. The molecule has 0 fully saturated rings. The summed E-state index contributed by atoms with van der Waals surface area (Å²) < 4.78 is 0. The van der Waals surface area contributed by atoms with Crippen molar-refractivity contribution in [3.05, 3.63) is 76.9 Å². The van der Waals surface area contributed by atoms with E-state index in [4.69, 9.17) is 11.6 Å². The van der Waals surface area contributed by atoms with Gasteiger partial charge in [-0.15, -0.1) is 0 Å². The van der Waals surface area contributed by atoms with E-state index in [0.717, 1.165) is 17.0 Å². The van der Waals surface area contributed by atoms with Crippen molar-refractivity contribution >= 4 is 23.2 Å². The number of carbonyl (C=O) groups excluding carboxylic acids is 1. The van der Waals surface area contributed by atoms with Crippen LogP contribution in [0.25, 0.3) is 11.3 Å². The van der Waals surface area contributed by atoms with E-state index in [2.05, 4.69) is 10.3 Å². The van der Waals surface area contributed by atoms with Gasteiger partial charge in [0.1, 0.15) is 0 Å². The maximum Gasteiger partial charge on any atom is 0.257 e. The van der Waals surface area contributed by atoms with Gasteiger partial charge in [0.05, 0.1) is 16.3 Å². The number of amides is 1. The van der Waals surface area contributed by atoms with E-state index >= 15 is 0 Å². The quantitative estimate of drug-likeness (QED) is 0.710. The van der Waals surface area contributed by atoms with Crippen LogP contribution < -0.4 is 5.32 Å². The van der Waals surface area contributed by atoms with Crippen molar-refractivity contribution < 1.29 is 4.79 Å². The Morgan fingerprint density at radius 1 is 1.05 bits per heavy atom. The molecule has 22 heavy (non-hydrogen) atoms. The third-order valence-corrected chi connectivity index (χ3v) is 3.80. The van der Waals surface area contributed by atoms with Crippen LogP contribution in [0.4, 0.5) is 5.69 Å². The molecule has 2 N–H and O–H groups in total. The van der Waals surface area contributed by atoms with E-state index < -0.39 is 0 Å². The van der Waals surface area contributed by atoms with E-state index in [-0.39, 0.29) is 5.91 Å². The summed E-state index contributed by atoms with van der Waals surface area (Å²) in [5.41, 5.74) is 4.00. The van der Waals surface area contributed by atoms with Gasteiger partial charge in [0.15, 0.2) is 0 Å². The number of hydrogen-bond donors (Lipinski definition) is 2. The van der Waals surface area contributed by atoms with Gasteiger partial charge in [-0.05, 0) is 30.7 Å². The van der Waals surface area contributed by atoms with Crippen molar-refractivity contribution in [2.24, 2.45) is 0 Å². The first-order chi connectivity index (χ1) is 10.6. The second kappa shape index (κ2) is 6.08. The van der Waals surface area contributed by atoms with Crippen LogP contribution in [0.1, 0.15) is 16.1 Å². The number of rotatable bonds is 3. The van der Waals surface area contributed by atoms with E-state index in [1.807, 2.05) is 55.5 Å². The van der Waals surface area contributed by atoms with E-state index in [1.165, 1.54) is 0 Å². The molecule has 3 rings (SSSR count). The minimum atomic E-state index is -0.177. The molecule has 0 saturated carbocycles. The molecule has 0 unspecified atom stereocenters. The molecule has 0 spiro atoms. The average Bonchev–Trinajstić information content (AvgIpc) is 2.92. The molecule has 1 heterocycles. The second-order valence-electron chi connectivity index (χ2n) is 5.02. The summed E-state index contributed by atoms with van der Waals surface area (Å²) in [7, 11) is 0. The Morgan fingerprint density at radius 3 is 2.45 bits per heavy atom. The molecule has 1 aromatic heterocycles. The average molecular weight is 311 g/mol. The predicted molar refractivity (Wildman–Crippen MR) is 90.4 cm³/mol. The summed E-state index contributed by atoms with van der Waals surface area (Å²) in [6.07, 6.45) is 0. The molecule has 3 aromatic rings. The maximum absolute atomic E-state index is 12.4. The van der Waals surface area contributed by atoms with Gasteiger partial charge in [0.25, 0.3) is 5.91 Å². The fourth-order valence-electron chi connectivity index (χ4n) is 2.32. The Hall–Kier alpha value is -2.52. The summed E-state index contributed by atoms with van der Waals surface area (Å²) in [6, 6.07) is 18.9. The summed E-state index contributed by atoms with van der Waals surface area (Å²) in [5, 5.41) is 3.36. The van der Waals surface area contributed by atoms with E-state index in [0.29, 0.717) is 16.3 Å².